The SMILES string of the molecule is Cc1ccc(C(C)N(C)C(=O)C(C)(C)N)cc1. The smallest absolute Gasteiger partial charge is 0.242 e. The van der Waals surface area contributed by atoms with Crippen LogP contribution in [0.25, 0.3) is 0 Å². The Kier molecular flexibility index (Phi) is 3.94. The van der Waals surface area contributed by atoms with Gasteiger partial charge in [0.25, 0.3) is 0 Å². The van der Waals surface area contributed by atoms with Crippen LogP contribution >= 0.6 is 0 Å². The van der Waals surface area contributed by atoms with Crippen molar-refractivity contribution in [2.45, 2.75) is 39.3 Å². The number of carbonyl (C=O) groups is 1. The number of hydrogen-bond donors (Lipinski definition) is 1. The molecular weight excluding hydrogens is 212 g/mol. The van der Waals surface area contributed by atoms with Crippen molar-refractivity contribution in [3.05, 3.63) is 35.4 Å². The van der Waals surface area contributed by atoms with Gasteiger partial charge in [-0.3, -0.25) is 4.79 Å². The Morgan fingerprint density at radius 1 is 1.29 bits per heavy atom. The standard InChI is InChI=1S/C14H22N2O/c1-10-6-8-12(9-7-10)11(2)16(5)13(17)14(3,4)15/h6-9,11H,15H2,1-5H3. The average Bonchev–Trinajstić information content (AvgIpc) is 2.26. The lowest BCUT2D eigenvalue weighted by atomic mass is 10.0. The first-order valence-corrected chi connectivity index (χ1v) is 5.86. The van der Waals surface area contributed by atoms with Crippen molar-refractivity contribution in [2.75, 3.05) is 7.05 Å². The van der Waals surface area contributed by atoms with Gasteiger partial charge in [-0.1, -0.05) is 29.8 Å². The monoisotopic (exact) mass is 234 g/mol. The van der Waals surface area contributed by atoms with Crippen LogP contribution in [0.2, 0.25) is 0 Å². The van der Waals surface area contributed by atoms with E-state index in [1.54, 1.807) is 25.8 Å². The summed E-state index contributed by atoms with van der Waals surface area (Å²) in [6.45, 7) is 7.52. The van der Waals surface area contributed by atoms with E-state index in [1.165, 1.54) is 5.56 Å². The van der Waals surface area contributed by atoms with Crippen molar-refractivity contribution in [3.8, 4) is 0 Å². The average molecular weight is 234 g/mol. The molecular formula is C14H22N2O. The topological polar surface area (TPSA) is 46.3 Å². The molecule has 1 aromatic rings. The summed E-state index contributed by atoms with van der Waals surface area (Å²) in [5.41, 5.74) is 7.34. The van der Waals surface area contributed by atoms with Crippen LogP contribution in [0, 0.1) is 6.92 Å². The van der Waals surface area contributed by atoms with Gasteiger partial charge in [-0.05, 0) is 33.3 Å². The highest BCUT2D eigenvalue weighted by atomic mass is 16.2. The number of hydrogen-bond acceptors (Lipinski definition) is 2. The molecule has 17 heavy (non-hydrogen) atoms. The van der Waals surface area contributed by atoms with E-state index < -0.39 is 5.54 Å². The van der Waals surface area contributed by atoms with Gasteiger partial charge in [-0.15, -0.1) is 0 Å². The number of benzene rings is 1. The third kappa shape index (κ3) is 3.30. The summed E-state index contributed by atoms with van der Waals surface area (Å²) in [6.07, 6.45) is 0. The van der Waals surface area contributed by atoms with E-state index in [-0.39, 0.29) is 11.9 Å². The van der Waals surface area contributed by atoms with Crippen molar-refractivity contribution in [3.63, 3.8) is 0 Å². The third-order valence-corrected chi connectivity index (χ3v) is 3.01. The van der Waals surface area contributed by atoms with Crippen molar-refractivity contribution < 1.29 is 4.79 Å². The van der Waals surface area contributed by atoms with Crippen LogP contribution in [-0.2, 0) is 4.79 Å². The fourth-order valence-corrected chi connectivity index (χ4v) is 1.70. The lowest BCUT2D eigenvalue weighted by Crippen LogP contribution is -2.50. The Labute approximate surface area is 104 Å². The minimum atomic E-state index is -0.826. The van der Waals surface area contributed by atoms with E-state index in [4.69, 9.17) is 5.73 Å². The Morgan fingerprint density at radius 2 is 1.76 bits per heavy atom. The third-order valence-electron chi connectivity index (χ3n) is 3.01. The summed E-state index contributed by atoms with van der Waals surface area (Å²) in [5.74, 6) is -0.0504. The number of carbonyl (C=O) groups excluding carboxylic acids is 1. The van der Waals surface area contributed by atoms with E-state index in [2.05, 4.69) is 12.1 Å². The summed E-state index contributed by atoms with van der Waals surface area (Å²) in [6, 6.07) is 8.24. The Hall–Kier alpha value is -1.35. The fraction of sp³-hybridized carbons (Fsp3) is 0.500. The first kappa shape index (κ1) is 13.7. The highest BCUT2D eigenvalue weighted by Crippen LogP contribution is 2.21. The molecule has 3 nitrogen and oxygen atoms in total. The maximum atomic E-state index is 12.0. The minimum absolute atomic E-state index is 0.0333. The molecule has 0 aliphatic heterocycles. The van der Waals surface area contributed by atoms with Crippen molar-refractivity contribution in [1.29, 1.82) is 0 Å². The molecule has 0 fully saturated rings. The van der Waals surface area contributed by atoms with Gasteiger partial charge in [-0.25, -0.2) is 0 Å². The predicted octanol–water partition coefficient (Wildman–Crippen LogP) is 2.25. The molecule has 0 saturated heterocycles. The van der Waals surface area contributed by atoms with Gasteiger partial charge in [0.1, 0.15) is 0 Å². The predicted molar refractivity (Wildman–Crippen MR) is 70.6 cm³/mol. The zero-order valence-corrected chi connectivity index (χ0v) is 11.3. The summed E-state index contributed by atoms with van der Waals surface area (Å²) in [7, 11) is 1.79. The van der Waals surface area contributed by atoms with Gasteiger partial charge in [0.05, 0.1) is 11.6 Å². The molecule has 1 aromatic carbocycles. The van der Waals surface area contributed by atoms with Crippen LogP contribution in [0.1, 0.15) is 37.9 Å². The number of likely N-dealkylation sites (N-methyl/N-ethyl adjacent to an activating group) is 1. The Bertz CT molecular complexity index is 390. The van der Waals surface area contributed by atoms with E-state index >= 15 is 0 Å². The number of amides is 1. The van der Waals surface area contributed by atoms with Crippen LogP contribution in [0.4, 0.5) is 0 Å². The normalized spacial score (nSPS) is 13.3. The van der Waals surface area contributed by atoms with E-state index in [0.29, 0.717) is 0 Å². The second-order valence-corrected chi connectivity index (χ2v) is 5.22. The molecule has 0 radical (unpaired) electrons. The lowest BCUT2D eigenvalue weighted by Gasteiger charge is -2.31. The Morgan fingerprint density at radius 3 is 2.18 bits per heavy atom. The van der Waals surface area contributed by atoms with Gasteiger partial charge < -0.3 is 10.6 Å². The van der Waals surface area contributed by atoms with Gasteiger partial charge in [0.15, 0.2) is 0 Å². The van der Waals surface area contributed by atoms with Crippen molar-refractivity contribution >= 4 is 5.91 Å². The van der Waals surface area contributed by atoms with Crippen LogP contribution < -0.4 is 5.73 Å². The molecule has 94 valence electrons. The molecule has 0 bridgehead atoms. The summed E-state index contributed by atoms with van der Waals surface area (Å²) in [4.78, 5) is 13.7. The number of rotatable bonds is 3. The van der Waals surface area contributed by atoms with Gasteiger partial charge in [0.2, 0.25) is 5.91 Å². The van der Waals surface area contributed by atoms with Gasteiger partial charge in [-0.2, -0.15) is 0 Å². The maximum Gasteiger partial charge on any atom is 0.242 e. The number of nitrogens with two attached hydrogens (primary N) is 1. The molecule has 2 N–H and O–H groups in total. The van der Waals surface area contributed by atoms with Gasteiger partial charge in [0, 0.05) is 7.05 Å². The summed E-state index contributed by atoms with van der Waals surface area (Å²) in [5, 5.41) is 0. The minimum Gasteiger partial charge on any atom is -0.337 e. The maximum absolute atomic E-state index is 12.0. The first-order chi connectivity index (χ1) is 7.73. The highest BCUT2D eigenvalue weighted by molar-refractivity contribution is 5.85. The van der Waals surface area contributed by atoms with Crippen LogP contribution in [0.15, 0.2) is 24.3 Å². The number of nitrogens with zero attached hydrogens (tertiary/aromatic N) is 1. The van der Waals surface area contributed by atoms with Crippen molar-refractivity contribution in [1.82, 2.24) is 4.90 Å². The molecule has 1 unspecified atom stereocenters. The molecule has 0 aliphatic carbocycles. The first-order valence-electron chi connectivity index (χ1n) is 5.86. The molecule has 0 aromatic heterocycles. The zero-order chi connectivity index (χ0) is 13.2. The molecule has 3 heteroatoms. The highest BCUT2D eigenvalue weighted by Gasteiger charge is 2.28. The summed E-state index contributed by atoms with van der Waals surface area (Å²) < 4.78 is 0. The second-order valence-electron chi connectivity index (χ2n) is 5.22. The zero-order valence-electron chi connectivity index (χ0n) is 11.3. The molecule has 0 saturated carbocycles. The van der Waals surface area contributed by atoms with Crippen LogP contribution in [0.3, 0.4) is 0 Å². The fourth-order valence-electron chi connectivity index (χ4n) is 1.70. The van der Waals surface area contributed by atoms with Gasteiger partial charge >= 0.3 is 0 Å². The lowest BCUT2D eigenvalue weighted by molar-refractivity contribution is -0.136. The quantitative estimate of drug-likeness (QED) is 0.872. The Balaban J connectivity index is 2.87. The molecule has 1 rings (SSSR count). The molecule has 0 spiro atoms. The van der Waals surface area contributed by atoms with Crippen molar-refractivity contribution in [2.24, 2.45) is 5.73 Å². The molecule has 0 aliphatic rings. The van der Waals surface area contributed by atoms with Crippen LogP contribution in [-0.4, -0.2) is 23.4 Å². The van der Waals surface area contributed by atoms with E-state index in [0.717, 1.165) is 5.56 Å². The second kappa shape index (κ2) is 4.88. The molecule has 1 atom stereocenters. The summed E-state index contributed by atoms with van der Waals surface area (Å²) >= 11 is 0. The van der Waals surface area contributed by atoms with E-state index in [1.807, 2.05) is 26.0 Å². The van der Waals surface area contributed by atoms with E-state index in [9.17, 15) is 4.79 Å². The molecule has 0 heterocycles. The molecule has 1 amide bonds. The largest absolute Gasteiger partial charge is 0.337 e. The number of aryl methyl sites for hydroxylation is 1. The van der Waals surface area contributed by atoms with Crippen LogP contribution in [0.5, 0.6) is 0 Å².